The lowest BCUT2D eigenvalue weighted by Gasteiger charge is -2.60. The average molecular weight is 695 g/mol. The Balaban J connectivity index is 1.14. The van der Waals surface area contributed by atoms with Crippen LogP contribution in [0, 0.1) is 34.5 Å². The zero-order chi connectivity index (χ0) is 36.6. The van der Waals surface area contributed by atoms with Crippen LogP contribution in [0.1, 0.15) is 97.1 Å². The van der Waals surface area contributed by atoms with Gasteiger partial charge in [-0.2, -0.15) is 0 Å². The summed E-state index contributed by atoms with van der Waals surface area (Å²) in [6.45, 7) is 6.69. The second-order valence-corrected chi connectivity index (χ2v) is 15.5. The number of hydrogen-bond donors (Lipinski definition) is 5. The molecule has 0 saturated heterocycles. The average Bonchev–Trinajstić information content (AvgIpc) is 3.34. The number of carboxylic acid groups (broad SMARTS) is 1. The number of benzene rings is 1. The van der Waals surface area contributed by atoms with Crippen molar-refractivity contribution in [1.82, 2.24) is 10.6 Å². The predicted molar refractivity (Wildman–Crippen MR) is 180 cm³/mol. The number of carboxylic acids is 1. The Bertz CT molecular complexity index is 1560. The van der Waals surface area contributed by atoms with Gasteiger partial charge in [0.25, 0.3) is 0 Å². The fourth-order valence-electron chi connectivity index (χ4n) is 9.65. The standard InChI is InChI=1S/C38H50N2O10/c1-21(2)32(34(46)40-33(35(47)48)22-8-6-5-7-9-22)39-29(44)12-13-30(45)50-20-28(43)38(49)17-15-26-25-11-10-23-18-24(41)14-16-36(23,3)31(25)27(42)19-37(26,38)4/h5-9,18,21,25-27,31-33,42,49H,10-17,19-20H2,1-4H3,(H,39,44)(H,40,46)(H,47,48)/t25?,26?,27?,31?,32?,33?,36-,37-,38-/m0/s1. The van der Waals surface area contributed by atoms with Gasteiger partial charge in [0.1, 0.15) is 11.6 Å². The Morgan fingerprint density at radius 1 is 0.980 bits per heavy atom. The Kier molecular flexibility index (Phi) is 10.7. The van der Waals surface area contributed by atoms with E-state index >= 15 is 0 Å². The Morgan fingerprint density at radius 3 is 2.34 bits per heavy atom. The first kappa shape index (κ1) is 37.4. The number of carbonyl (C=O) groups is 6. The molecule has 50 heavy (non-hydrogen) atoms. The maximum absolute atomic E-state index is 13.6. The van der Waals surface area contributed by atoms with Gasteiger partial charge in [0.05, 0.1) is 12.5 Å². The maximum atomic E-state index is 13.6. The highest BCUT2D eigenvalue weighted by Crippen LogP contribution is 2.67. The summed E-state index contributed by atoms with van der Waals surface area (Å²) >= 11 is 0. The van der Waals surface area contributed by atoms with Crippen LogP contribution in [-0.4, -0.2) is 75.0 Å². The van der Waals surface area contributed by atoms with Crippen molar-refractivity contribution < 1.29 is 48.8 Å². The molecular weight excluding hydrogens is 644 g/mol. The number of ketones is 2. The van der Waals surface area contributed by atoms with Gasteiger partial charge < -0.3 is 30.7 Å². The van der Waals surface area contributed by atoms with E-state index in [1.807, 2.05) is 6.92 Å². The van der Waals surface area contributed by atoms with E-state index in [-0.39, 0.29) is 54.6 Å². The third-order valence-electron chi connectivity index (χ3n) is 12.4. The summed E-state index contributed by atoms with van der Waals surface area (Å²) in [5, 5.41) is 38.2. The zero-order valence-corrected chi connectivity index (χ0v) is 29.3. The number of allylic oxidation sites excluding steroid dienone is 1. The van der Waals surface area contributed by atoms with E-state index in [0.29, 0.717) is 24.8 Å². The lowest BCUT2D eigenvalue weighted by atomic mass is 9.45. The number of nitrogens with one attached hydrogen (secondary N) is 2. The molecule has 3 fully saturated rings. The summed E-state index contributed by atoms with van der Waals surface area (Å²) in [6.07, 6.45) is 3.91. The first-order valence-electron chi connectivity index (χ1n) is 17.7. The van der Waals surface area contributed by atoms with Crippen molar-refractivity contribution in [2.45, 2.75) is 109 Å². The molecule has 0 aliphatic heterocycles. The van der Waals surface area contributed by atoms with Crippen molar-refractivity contribution in [3.05, 3.63) is 47.5 Å². The van der Waals surface area contributed by atoms with Gasteiger partial charge in [-0.15, -0.1) is 0 Å². The molecule has 272 valence electrons. The summed E-state index contributed by atoms with van der Waals surface area (Å²) in [6, 6.07) is 5.77. The summed E-state index contributed by atoms with van der Waals surface area (Å²) in [4.78, 5) is 76.0. The highest BCUT2D eigenvalue weighted by Gasteiger charge is 2.68. The van der Waals surface area contributed by atoms with Crippen molar-refractivity contribution in [2.75, 3.05) is 6.61 Å². The minimum Gasteiger partial charge on any atom is -0.479 e. The van der Waals surface area contributed by atoms with E-state index in [1.165, 1.54) is 0 Å². The minimum atomic E-state index is -1.80. The van der Waals surface area contributed by atoms with E-state index in [4.69, 9.17) is 4.74 Å². The molecule has 0 radical (unpaired) electrons. The fourth-order valence-corrected chi connectivity index (χ4v) is 9.65. The topological polar surface area (TPSA) is 196 Å². The number of aliphatic hydroxyl groups is 2. The van der Waals surface area contributed by atoms with Gasteiger partial charge in [-0.25, -0.2) is 4.79 Å². The predicted octanol–water partition coefficient (Wildman–Crippen LogP) is 3.20. The van der Waals surface area contributed by atoms with Gasteiger partial charge in [0, 0.05) is 18.3 Å². The largest absolute Gasteiger partial charge is 0.479 e. The molecule has 0 spiro atoms. The Labute approximate surface area is 292 Å². The van der Waals surface area contributed by atoms with Crippen molar-refractivity contribution in [2.24, 2.45) is 34.5 Å². The first-order chi connectivity index (χ1) is 23.5. The van der Waals surface area contributed by atoms with Crippen LogP contribution >= 0.6 is 0 Å². The number of esters is 1. The van der Waals surface area contributed by atoms with Crippen LogP contribution in [-0.2, 0) is 33.5 Å². The summed E-state index contributed by atoms with van der Waals surface area (Å²) in [7, 11) is 0. The molecule has 9 atom stereocenters. The highest BCUT2D eigenvalue weighted by molar-refractivity contribution is 5.93. The van der Waals surface area contributed by atoms with Crippen LogP contribution < -0.4 is 10.6 Å². The maximum Gasteiger partial charge on any atom is 0.330 e. The SMILES string of the molecule is CC(C)C(NC(=O)CCC(=O)OCC(=O)[C@@]1(O)CCC2C3CCC4=CC(=O)CC[C@]4(C)C3C(O)C[C@@]21C)C(=O)NC(C(=O)O)c1ccccc1. The second-order valence-electron chi connectivity index (χ2n) is 15.5. The molecule has 2 amide bonds. The van der Waals surface area contributed by atoms with Crippen molar-refractivity contribution >= 4 is 35.3 Å². The number of aliphatic carboxylic acids is 1. The molecule has 12 heteroatoms. The number of rotatable bonds is 12. The van der Waals surface area contributed by atoms with Crippen LogP contribution in [0.4, 0.5) is 0 Å². The van der Waals surface area contributed by atoms with Gasteiger partial charge in [-0.1, -0.05) is 63.6 Å². The van der Waals surface area contributed by atoms with Gasteiger partial charge in [0.2, 0.25) is 17.6 Å². The van der Waals surface area contributed by atoms with Crippen LogP contribution in [0.5, 0.6) is 0 Å². The lowest BCUT2D eigenvalue weighted by molar-refractivity contribution is -0.184. The number of amides is 2. The summed E-state index contributed by atoms with van der Waals surface area (Å²) in [5.74, 6) is -4.35. The molecule has 4 aliphatic carbocycles. The minimum absolute atomic E-state index is 0.0233. The third kappa shape index (κ3) is 6.88. The number of aliphatic hydroxyl groups excluding tert-OH is 1. The molecule has 0 heterocycles. The molecule has 5 N–H and O–H groups in total. The van der Waals surface area contributed by atoms with Gasteiger partial charge in [-0.3, -0.25) is 24.0 Å². The highest BCUT2D eigenvalue weighted by atomic mass is 16.5. The van der Waals surface area contributed by atoms with Gasteiger partial charge in [-0.05, 0) is 79.3 Å². The number of hydrogen-bond acceptors (Lipinski definition) is 9. The number of Topliss-reactive ketones (excluding diaryl/α,β-unsaturated/α-hetero) is 1. The molecule has 1 aromatic rings. The Hall–Kier alpha value is -3.90. The van der Waals surface area contributed by atoms with Crippen molar-refractivity contribution in [1.29, 1.82) is 0 Å². The first-order valence-corrected chi connectivity index (χ1v) is 17.7. The van der Waals surface area contributed by atoms with Crippen LogP contribution in [0.3, 0.4) is 0 Å². The number of carbonyl (C=O) groups excluding carboxylic acids is 5. The molecule has 6 unspecified atom stereocenters. The van der Waals surface area contributed by atoms with Crippen molar-refractivity contribution in [3.63, 3.8) is 0 Å². The molecular formula is C38H50N2O10. The summed E-state index contributed by atoms with van der Waals surface area (Å²) < 4.78 is 5.24. The van der Waals surface area contributed by atoms with E-state index in [1.54, 1.807) is 50.3 Å². The number of fused-ring (bicyclic) bond motifs is 5. The molecule has 12 nitrogen and oxygen atoms in total. The van der Waals surface area contributed by atoms with Crippen molar-refractivity contribution in [3.8, 4) is 0 Å². The van der Waals surface area contributed by atoms with E-state index in [0.717, 1.165) is 18.4 Å². The molecule has 3 saturated carbocycles. The van der Waals surface area contributed by atoms with E-state index < -0.39 is 71.3 Å². The number of ether oxygens (including phenoxy) is 1. The normalized spacial score (nSPS) is 32.8. The third-order valence-corrected chi connectivity index (χ3v) is 12.4. The van der Waals surface area contributed by atoms with E-state index in [9.17, 15) is 44.1 Å². The monoisotopic (exact) mass is 694 g/mol. The Morgan fingerprint density at radius 2 is 1.68 bits per heavy atom. The zero-order valence-electron chi connectivity index (χ0n) is 29.3. The molecule has 4 aliphatic rings. The van der Waals surface area contributed by atoms with Gasteiger partial charge in [0.15, 0.2) is 18.4 Å². The molecule has 1 aromatic carbocycles. The van der Waals surface area contributed by atoms with Gasteiger partial charge >= 0.3 is 11.9 Å². The lowest BCUT2D eigenvalue weighted by Crippen LogP contribution is -2.62. The van der Waals surface area contributed by atoms with Crippen LogP contribution in [0.25, 0.3) is 0 Å². The molecule has 5 rings (SSSR count). The van der Waals surface area contributed by atoms with Crippen LogP contribution in [0.2, 0.25) is 0 Å². The van der Waals surface area contributed by atoms with E-state index in [2.05, 4.69) is 17.6 Å². The molecule has 0 aromatic heterocycles. The van der Waals surface area contributed by atoms with Crippen LogP contribution in [0.15, 0.2) is 42.0 Å². The summed E-state index contributed by atoms with van der Waals surface area (Å²) in [5.41, 5.74) is -1.56. The quantitative estimate of drug-likeness (QED) is 0.203. The molecule has 0 bridgehead atoms. The fraction of sp³-hybridized carbons (Fsp3) is 0.632. The smallest absolute Gasteiger partial charge is 0.330 e. The second kappa shape index (κ2) is 14.4.